The zero-order chi connectivity index (χ0) is 19.6. The van der Waals surface area contributed by atoms with Crippen LogP contribution in [-0.4, -0.2) is 29.9 Å². The molecule has 1 heterocycles. The molecule has 0 amide bonds. The predicted octanol–water partition coefficient (Wildman–Crippen LogP) is 4.03. The summed E-state index contributed by atoms with van der Waals surface area (Å²) in [6.45, 7) is 9.19. The minimum Gasteiger partial charge on any atom is -0.465 e. The molecule has 1 aromatic rings. The number of halogens is 1. The molecule has 0 saturated carbocycles. The van der Waals surface area contributed by atoms with Crippen molar-refractivity contribution in [2.45, 2.75) is 40.2 Å². The van der Waals surface area contributed by atoms with Crippen LogP contribution >= 0.6 is 15.9 Å². The topological polar surface area (TPSA) is 69.7 Å². The van der Waals surface area contributed by atoms with E-state index < -0.39 is 35.3 Å². The van der Waals surface area contributed by atoms with Crippen molar-refractivity contribution >= 4 is 33.7 Å². The lowest BCUT2D eigenvalue weighted by Crippen LogP contribution is -2.44. The van der Waals surface area contributed by atoms with Gasteiger partial charge in [-0.15, -0.1) is 0 Å². The summed E-state index contributed by atoms with van der Waals surface area (Å²) in [7, 11) is 0. The normalized spacial score (nSPS) is 22.8. The highest BCUT2D eigenvalue weighted by molar-refractivity contribution is 9.10. The smallest absolute Gasteiger partial charge is 0.321 e. The summed E-state index contributed by atoms with van der Waals surface area (Å²) in [6.07, 6.45) is 0. The van der Waals surface area contributed by atoms with Gasteiger partial charge in [0.05, 0.1) is 6.61 Å². The summed E-state index contributed by atoms with van der Waals surface area (Å²) in [4.78, 5) is 38.1. The van der Waals surface area contributed by atoms with Gasteiger partial charge in [0.2, 0.25) is 0 Å². The van der Waals surface area contributed by atoms with Crippen LogP contribution < -0.4 is 0 Å². The third-order valence-electron chi connectivity index (χ3n) is 4.86. The fraction of sp³-hybridized carbons (Fsp3) is 0.550. The molecule has 0 N–H and O–H groups in total. The maximum atomic E-state index is 13.3. The van der Waals surface area contributed by atoms with Crippen LogP contribution in [0.2, 0.25) is 0 Å². The second-order valence-electron chi connectivity index (χ2n) is 7.42. The van der Waals surface area contributed by atoms with E-state index in [9.17, 15) is 14.4 Å². The largest absolute Gasteiger partial charge is 0.465 e. The van der Waals surface area contributed by atoms with Crippen molar-refractivity contribution in [2.75, 3.05) is 6.61 Å². The molecule has 2 rings (SSSR count). The molecule has 6 heteroatoms. The van der Waals surface area contributed by atoms with Crippen LogP contribution in [0, 0.1) is 23.7 Å². The van der Waals surface area contributed by atoms with Gasteiger partial charge in [-0.1, -0.05) is 41.9 Å². The molecule has 0 spiro atoms. The lowest BCUT2D eigenvalue weighted by atomic mass is 9.67. The first-order valence-electron chi connectivity index (χ1n) is 8.79. The molecule has 1 aliphatic heterocycles. The van der Waals surface area contributed by atoms with Gasteiger partial charge in [-0.25, -0.2) is 0 Å². The van der Waals surface area contributed by atoms with Gasteiger partial charge in [0, 0.05) is 21.9 Å². The van der Waals surface area contributed by atoms with Gasteiger partial charge in [0.1, 0.15) is 5.60 Å². The minimum absolute atomic E-state index is 0.0816. The molecular weight excluding hydrogens is 400 g/mol. The Labute approximate surface area is 162 Å². The molecule has 0 unspecified atom stereocenters. The van der Waals surface area contributed by atoms with Gasteiger partial charge >= 0.3 is 11.9 Å². The second-order valence-corrected chi connectivity index (χ2v) is 8.34. The Bertz CT molecular complexity index is 693. The van der Waals surface area contributed by atoms with Crippen LogP contribution in [0.4, 0.5) is 0 Å². The van der Waals surface area contributed by atoms with Crippen LogP contribution in [-0.2, 0) is 19.1 Å². The van der Waals surface area contributed by atoms with Gasteiger partial charge < -0.3 is 9.47 Å². The Hall–Kier alpha value is -1.69. The van der Waals surface area contributed by atoms with Crippen LogP contribution in [0.3, 0.4) is 0 Å². The Balaban J connectivity index is 2.47. The van der Waals surface area contributed by atoms with E-state index in [1.54, 1.807) is 45.0 Å². The number of esters is 2. The summed E-state index contributed by atoms with van der Waals surface area (Å²) >= 11 is 3.36. The average molecular weight is 425 g/mol. The fourth-order valence-electron chi connectivity index (χ4n) is 3.74. The minimum atomic E-state index is -1.09. The third-order valence-corrected chi connectivity index (χ3v) is 5.39. The van der Waals surface area contributed by atoms with Gasteiger partial charge in [0.15, 0.2) is 11.7 Å². The highest BCUT2D eigenvalue weighted by atomic mass is 79.9. The first kappa shape index (κ1) is 20.6. The van der Waals surface area contributed by atoms with E-state index in [1.807, 2.05) is 13.8 Å². The number of hydrogen-bond donors (Lipinski definition) is 0. The van der Waals surface area contributed by atoms with Gasteiger partial charge in [0.25, 0.3) is 0 Å². The molecule has 0 aliphatic carbocycles. The van der Waals surface area contributed by atoms with E-state index in [2.05, 4.69) is 15.9 Å². The average Bonchev–Trinajstić information content (AvgIpc) is 2.77. The molecule has 0 aromatic heterocycles. The summed E-state index contributed by atoms with van der Waals surface area (Å²) in [5.41, 5.74) is -0.390. The summed E-state index contributed by atoms with van der Waals surface area (Å²) in [6, 6.07) is 7.08. The van der Waals surface area contributed by atoms with Crippen LogP contribution in [0.15, 0.2) is 28.7 Å². The molecule has 1 aromatic carbocycles. The first-order chi connectivity index (χ1) is 12.1. The van der Waals surface area contributed by atoms with Crippen molar-refractivity contribution in [3.05, 3.63) is 34.3 Å². The summed E-state index contributed by atoms with van der Waals surface area (Å²) < 4.78 is 11.4. The van der Waals surface area contributed by atoms with E-state index in [-0.39, 0.29) is 18.3 Å². The van der Waals surface area contributed by atoms with Crippen molar-refractivity contribution < 1.29 is 23.9 Å². The van der Waals surface area contributed by atoms with Gasteiger partial charge in [-0.3, -0.25) is 14.4 Å². The van der Waals surface area contributed by atoms with Crippen LogP contribution in [0.5, 0.6) is 0 Å². The van der Waals surface area contributed by atoms with E-state index in [0.29, 0.717) is 5.56 Å². The lowest BCUT2D eigenvalue weighted by molar-refractivity contribution is -0.157. The maximum Gasteiger partial charge on any atom is 0.321 e. The van der Waals surface area contributed by atoms with Crippen molar-refractivity contribution in [2.24, 2.45) is 23.7 Å². The second kappa shape index (κ2) is 7.91. The number of benzene rings is 1. The molecule has 3 atom stereocenters. The lowest BCUT2D eigenvalue weighted by Gasteiger charge is -2.35. The van der Waals surface area contributed by atoms with Crippen molar-refractivity contribution in [3.63, 3.8) is 0 Å². The third kappa shape index (κ3) is 4.00. The molecule has 5 nitrogen and oxygen atoms in total. The number of cyclic esters (lactones) is 1. The molecule has 1 aliphatic rings. The molecule has 1 saturated heterocycles. The standard InChI is InChI=1S/C20H25BrO5/c1-6-25-18(23)15-16(20(4,5)26-19(15)24)14(11(2)3)17(22)12-7-9-13(21)10-8-12/h7-11,14-16H,6H2,1-5H3/t14-,15+,16+/m0/s1. The summed E-state index contributed by atoms with van der Waals surface area (Å²) in [5, 5.41) is 0. The van der Waals surface area contributed by atoms with Crippen LogP contribution in [0.25, 0.3) is 0 Å². The quantitative estimate of drug-likeness (QED) is 0.391. The first-order valence-corrected chi connectivity index (χ1v) is 9.58. The van der Waals surface area contributed by atoms with Crippen molar-refractivity contribution in [1.29, 1.82) is 0 Å². The number of hydrogen-bond acceptors (Lipinski definition) is 5. The number of rotatable bonds is 6. The SMILES string of the molecule is CCOC(=O)[C@@H]1C(=O)OC(C)(C)[C@@H]1[C@@H](C(=O)c1ccc(Br)cc1)C(C)C. The van der Waals surface area contributed by atoms with E-state index in [0.717, 1.165) is 4.47 Å². The Morgan fingerprint density at radius 3 is 2.31 bits per heavy atom. The summed E-state index contributed by atoms with van der Waals surface area (Å²) in [5.74, 6) is -3.65. The van der Waals surface area contributed by atoms with Crippen molar-refractivity contribution in [1.82, 2.24) is 0 Å². The maximum absolute atomic E-state index is 13.3. The highest BCUT2D eigenvalue weighted by Gasteiger charge is 2.59. The Kier molecular flexibility index (Phi) is 6.27. The fourth-order valence-corrected chi connectivity index (χ4v) is 4.00. The number of carbonyl (C=O) groups excluding carboxylic acids is 3. The van der Waals surface area contributed by atoms with Gasteiger partial charge in [-0.05, 0) is 38.8 Å². The molecule has 142 valence electrons. The van der Waals surface area contributed by atoms with E-state index >= 15 is 0 Å². The van der Waals surface area contributed by atoms with E-state index in [1.165, 1.54) is 0 Å². The predicted molar refractivity (Wildman–Crippen MR) is 101 cm³/mol. The zero-order valence-corrected chi connectivity index (χ0v) is 17.3. The van der Waals surface area contributed by atoms with E-state index in [4.69, 9.17) is 9.47 Å². The monoisotopic (exact) mass is 424 g/mol. The Morgan fingerprint density at radius 1 is 1.23 bits per heavy atom. The Morgan fingerprint density at radius 2 is 1.81 bits per heavy atom. The number of Topliss-reactive ketones (excluding diaryl/α,β-unsaturated/α-hetero) is 1. The molecule has 1 fully saturated rings. The molecule has 0 radical (unpaired) electrons. The number of carbonyl (C=O) groups is 3. The van der Waals surface area contributed by atoms with Crippen molar-refractivity contribution in [3.8, 4) is 0 Å². The van der Waals surface area contributed by atoms with Crippen LogP contribution in [0.1, 0.15) is 45.0 Å². The molecular formula is C20H25BrO5. The molecule has 0 bridgehead atoms. The van der Waals surface area contributed by atoms with Gasteiger partial charge in [-0.2, -0.15) is 0 Å². The highest BCUT2D eigenvalue weighted by Crippen LogP contribution is 2.46. The zero-order valence-electron chi connectivity index (χ0n) is 15.7. The number of ether oxygens (including phenoxy) is 2. The molecule has 26 heavy (non-hydrogen) atoms. The number of ketones is 1.